The van der Waals surface area contributed by atoms with E-state index in [4.69, 9.17) is 9.05 Å². The Morgan fingerprint density at radius 1 is 0.402 bits per heavy atom. The Morgan fingerprint density at radius 2 is 0.701 bits per heavy atom. The van der Waals surface area contributed by atoms with E-state index in [1.807, 2.05) is 27.2 Å². The molecule has 0 aliphatic heterocycles. The van der Waals surface area contributed by atoms with Crippen LogP contribution < -0.4 is 5.32 Å². The van der Waals surface area contributed by atoms with Crippen molar-refractivity contribution < 1.29 is 32.9 Å². The van der Waals surface area contributed by atoms with Crippen molar-refractivity contribution in [3.05, 3.63) is 72.9 Å². The number of carbonyl (C=O) groups excluding carboxylic acids is 1. The number of unbranched alkanes of at least 4 members (excludes halogenated alkanes) is 47. The molecule has 510 valence electrons. The van der Waals surface area contributed by atoms with E-state index >= 15 is 0 Å². The summed E-state index contributed by atoms with van der Waals surface area (Å²) < 4.78 is 23.8. The average molecular weight is 1240 g/mol. The monoisotopic (exact) mass is 1240 g/mol. The zero-order chi connectivity index (χ0) is 63.4. The van der Waals surface area contributed by atoms with Crippen LogP contribution in [-0.4, -0.2) is 73.4 Å². The summed E-state index contributed by atoms with van der Waals surface area (Å²) >= 11 is 0. The molecule has 3 unspecified atom stereocenters. The fraction of sp³-hybridized carbons (Fsp3) is 0.833. The lowest BCUT2D eigenvalue weighted by Crippen LogP contribution is -2.45. The molecule has 0 fully saturated rings. The van der Waals surface area contributed by atoms with Crippen molar-refractivity contribution in [3.8, 4) is 0 Å². The zero-order valence-corrected chi connectivity index (χ0v) is 59.4. The second kappa shape index (κ2) is 68.3. The van der Waals surface area contributed by atoms with E-state index < -0.39 is 20.0 Å². The molecular weight excluding hydrogens is 1090 g/mol. The smallest absolute Gasteiger partial charge is 0.387 e. The summed E-state index contributed by atoms with van der Waals surface area (Å²) in [5.74, 6) is -0.180. The first-order valence-electron chi connectivity index (χ1n) is 37.8. The first-order valence-corrected chi connectivity index (χ1v) is 39.3. The number of likely N-dealkylation sites (N-methyl/N-ethyl adjacent to an activating group) is 1. The van der Waals surface area contributed by atoms with Crippen LogP contribution in [0, 0.1) is 0 Å². The summed E-state index contributed by atoms with van der Waals surface area (Å²) in [7, 11) is 1.57. The zero-order valence-electron chi connectivity index (χ0n) is 58.5. The molecule has 0 spiro atoms. The van der Waals surface area contributed by atoms with Gasteiger partial charge in [0.1, 0.15) is 13.2 Å². The van der Waals surface area contributed by atoms with E-state index in [2.05, 4.69) is 79.9 Å². The Hall–Kier alpha value is -2.06. The van der Waals surface area contributed by atoms with Crippen molar-refractivity contribution in [1.29, 1.82) is 0 Å². The van der Waals surface area contributed by atoms with Gasteiger partial charge in [0.2, 0.25) is 5.91 Å². The van der Waals surface area contributed by atoms with Crippen LogP contribution >= 0.6 is 7.82 Å². The first-order chi connectivity index (χ1) is 42.5. The maximum atomic E-state index is 13.1. The fourth-order valence-electron chi connectivity index (χ4n) is 11.3. The topological polar surface area (TPSA) is 105 Å². The highest BCUT2D eigenvalue weighted by Gasteiger charge is 2.28. The molecule has 0 saturated carbocycles. The van der Waals surface area contributed by atoms with Gasteiger partial charge in [-0.25, -0.2) is 4.57 Å². The number of quaternary nitrogens is 1. The maximum absolute atomic E-state index is 13.1. The summed E-state index contributed by atoms with van der Waals surface area (Å²) in [4.78, 5) is 23.5. The minimum atomic E-state index is -4.36. The van der Waals surface area contributed by atoms with Crippen LogP contribution in [0.15, 0.2) is 72.9 Å². The van der Waals surface area contributed by atoms with Gasteiger partial charge in [0.25, 0.3) is 0 Å². The van der Waals surface area contributed by atoms with E-state index in [1.165, 1.54) is 283 Å². The number of phosphoric ester groups is 1. The SMILES string of the molecule is CC/C=C\C/C=C\C/C=C\C/C=C\CCCCCCCCCCCCCCCCCCCCCCCCCCCCC(=O)NC(COP(=O)(O)OCC[N+](C)(C)C)C(O)/C=C/CC/C=C/CCCCCCCCCCCCCCCCCCCCCC. The summed E-state index contributed by atoms with van der Waals surface area (Å²) in [6.07, 6.45) is 96.6. The van der Waals surface area contributed by atoms with Gasteiger partial charge < -0.3 is 19.8 Å². The molecule has 0 bridgehead atoms. The molecule has 8 nitrogen and oxygen atoms in total. The Bertz CT molecular complexity index is 1650. The first kappa shape index (κ1) is 84.9. The highest BCUT2D eigenvalue weighted by molar-refractivity contribution is 7.47. The predicted octanol–water partition coefficient (Wildman–Crippen LogP) is 24.5. The number of nitrogens with zero attached hydrogens (tertiary/aromatic N) is 1. The van der Waals surface area contributed by atoms with Gasteiger partial charge in [-0.2, -0.15) is 0 Å². The number of phosphoric acid groups is 1. The van der Waals surface area contributed by atoms with Crippen molar-refractivity contribution in [1.82, 2.24) is 5.32 Å². The molecule has 9 heteroatoms. The van der Waals surface area contributed by atoms with Crippen molar-refractivity contribution in [2.75, 3.05) is 40.9 Å². The number of aliphatic hydroxyl groups excluding tert-OH is 1. The van der Waals surface area contributed by atoms with E-state index in [9.17, 15) is 19.4 Å². The molecule has 0 saturated heterocycles. The molecule has 0 radical (unpaired) electrons. The third-order valence-corrected chi connectivity index (χ3v) is 18.1. The molecule has 0 aromatic heterocycles. The molecule has 0 aliphatic carbocycles. The molecule has 3 N–H and O–H groups in total. The van der Waals surface area contributed by atoms with Gasteiger partial charge in [0.15, 0.2) is 0 Å². The Morgan fingerprint density at radius 3 is 1.06 bits per heavy atom. The standard InChI is InChI=1S/C78H147N2O6P/c1-6-8-10-12-14-16-18-20-22-24-26-28-30-32-34-35-36-37-38-39-40-41-42-43-44-45-46-48-50-52-54-56-58-60-62-64-66-68-70-72-78(82)79-76(75-86-87(83,84)85-74-73-80(3,4)5)77(81)71-69-67-65-63-61-59-57-55-53-51-49-47-33-31-29-27-25-23-21-19-17-15-13-11-9-7-2/h8,10,14,16,20,22,26,28,61,63,69,71,76-77,81H,6-7,9,11-13,15,17-19,21,23-25,27,29-60,62,64-68,70,72-75H2,1-5H3,(H-,79,82,83,84)/p+1/b10-8-,16-14-,22-20-,28-26-,63-61+,71-69+. The maximum Gasteiger partial charge on any atom is 0.472 e. The highest BCUT2D eigenvalue weighted by Crippen LogP contribution is 2.43. The predicted molar refractivity (Wildman–Crippen MR) is 383 cm³/mol. The van der Waals surface area contributed by atoms with Crippen LogP contribution in [0.4, 0.5) is 0 Å². The molecular formula is C78H148N2O6P+. The van der Waals surface area contributed by atoms with E-state index in [1.54, 1.807) is 6.08 Å². The third kappa shape index (κ3) is 71.2. The number of aliphatic hydroxyl groups is 1. The van der Waals surface area contributed by atoms with Crippen LogP contribution in [-0.2, 0) is 18.4 Å². The normalized spacial score (nSPS) is 14.0. The minimum absolute atomic E-state index is 0.0569. The minimum Gasteiger partial charge on any atom is -0.387 e. The molecule has 3 atom stereocenters. The van der Waals surface area contributed by atoms with E-state index in [0.717, 1.165) is 64.2 Å². The van der Waals surface area contributed by atoms with Crippen LogP contribution in [0.5, 0.6) is 0 Å². The molecule has 0 aromatic rings. The number of hydrogen-bond donors (Lipinski definition) is 3. The summed E-state index contributed by atoms with van der Waals surface area (Å²) in [5.41, 5.74) is 0. The van der Waals surface area contributed by atoms with Gasteiger partial charge in [-0.05, 0) is 70.6 Å². The third-order valence-electron chi connectivity index (χ3n) is 17.2. The van der Waals surface area contributed by atoms with Crippen LogP contribution in [0.1, 0.15) is 367 Å². The molecule has 0 rings (SSSR count). The second-order valence-corrected chi connectivity index (χ2v) is 28.4. The Kier molecular flexibility index (Phi) is 66.7. The largest absolute Gasteiger partial charge is 0.472 e. The number of nitrogens with one attached hydrogen (secondary N) is 1. The van der Waals surface area contributed by atoms with Crippen molar-refractivity contribution in [2.45, 2.75) is 379 Å². The van der Waals surface area contributed by atoms with Gasteiger partial charge >= 0.3 is 7.82 Å². The number of carbonyl (C=O) groups is 1. The van der Waals surface area contributed by atoms with E-state index in [-0.39, 0.29) is 19.1 Å². The summed E-state index contributed by atoms with van der Waals surface area (Å²) in [5, 5.41) is 14.0. The van der Waals surface area contributed by atoms with Gasteiger partial charge in [0, 0.05) is 6.42 Å². The molecule has 0 aromatic carbocycles. The summed E-state index contributed by atoms with van der Waals surface area (Å²) in [6, 6.07) is -0.865. The fourth-order valence-corrected chi connectivity index (χ4v) is 12.1. The average Bonchev–Trinajstić information content (AvgIpc) is 3.69. The molecule has 87 heavy (non-hydrogen) atoms. The van der Waals surface area contributed by atoms with Crippen molar-refractivity contribution in [2.24, 2.45) is 0 Å². The van der Waals surface area contributed by atoms with Crippen molar-refractivity contribution >= 4 is 13.7 Å². The molecule has 0 heterocycles. The number of amides is 1. The number of hydrogen-bond acceptors (Lipinski definition) is 5. The van der Waals surface area contributed by atoms with Gasteiger partial charge in [-0.15, -0.1) is 0 Å². The lowest BCUT2D eigenvalue weighted by molar-refractivity contribution is -0.870. The van der Waals surface area contributed by atoms with Gasteiger partial charge in [0.05, 0.1) is 39.9 Å². The van der Waals surface area contributed by atoms with Crippen molar-refractivity contribution in [3.63, 3.8) is 0 Å². The number of allylic oxidation sites excluding steroid dienone is 11. The van der Waals surface area contributed by atoms with Gasteiger partial charge in [-0.3, -0.25) is 13.8 Å². The Labute approximate surface area is 542 Å². The Balaban J connectivity index is 3.98. The van der Waals surface area contributed by atoms with E-state index in [0.29, 0.717) is 17.4 Å². The molecule has 0 aliphatic rings. The van der Waals surface area contributed by atoms with Crippen LogP contribution in [0.25, 0.3) is 0 Å². The summed E-state index contributed by atoms with van der Waals surface area (Å²) in [6.45, 7) is 4.73. The number of rotatable bonds is 70. The quantitative estimate of drug-likeness (QED) is 0.0243. The molecule has 1 amide bonds. The van der Waals surface area contributed by atoms with Crippen LogP contribution in [0.2, 0.25) is 0 Å². The lowest BCUT2D eigenvalue weighted by atomic mass is 10.0. The lowest BCUT2D eigenvalue weighted by Gasteiger charge is -2.25. The van der Waals surface area contributed by atoms with Crippen LogP contribution in [0.3, 0.4) is 0 Å². The van der Waals surface area contributed by atoms with Gasteiger partial charge in [-0.1, -0.05) is 363 Å². The highest BCUT2D eigenvalue weighted by atomic mass is 31.2. The second-order valence-electron chi connectivity index (χ2n) is 27.0.